The van der Waals surface area contributed by atoms with Gasteiger partial charge in [0.25, 0.3) is 0 Å². The van der Waals surface area contributed by atoms with Gasteiger partial charge in [-0.05, 0) is 38.5 Å². The van der Waals surface area contributed by atoms with Gasteiger partial charge in [-0.2, -0.15) is 0 Å². The van der Waals surface area contributed by atoms with Gasteiger partial charge in [0, 0.05) is 24.7 Å². The zero-order valence-electron chi connectivity index (χ0n) is 9.53. The van der Waals surface area contributed by atoms with Gasteiger partial charge in [-0.3, -0.25) is 9.78 Å². The molecule has 1 atom stereocenters. The SMILES string of the molecule is CC(=O)C[C@@H](C=C(C)C)c1ccncc1. The number of nitrogens with zero attached hydrogens (tertiary/aromatic N) is 1. The molecule has 1 aromatic rings. The molecule has 15 heavy (non-hydrogen) atoms. The molecule has 0 saturated carbocycles. The van der Waals surface area contributed by atoms with Crippen LogP contribution in [0.1, 0.15) is 38.7 Å². The number of rotatable bonds is 4. The second-order valence-electron chi connectivity index (χ2n) is 4.04. The van der Waals surface area contributed by atoms with Crippen molar-refractivity contribution in [3.63, 3.8) is 0 Å². The van der Waals surface area contributed by atoms with E-state index in [-0.39, 0.29) is 11.7 Å². The number of pyridine rings is 1. The second kappa shape index (κ2) is 5.44. The number of Topliss-reactive ketones (excluding diaryl/α,β-unsaturated/α-hetero) is 1. The number of allylic oxidation sites excluding steroid dienone is 2. The summed E-state index contributed by atoms with van der Waals surface area (Å²) < 4.78 is 0. The van der Waals surface area contributed by atoms with Crippen molar-refractivity contribution in [2.45, 2.75) is 33.1 Å². The summed E-state index contributed by atoms with van der Waals surface area (Å²) in [5.74, 6) is 0.407. The number of aromatic nitrogens is 1. The Bertz CT molecular complexity index is 350. The van der Waals surface area contributed by atoms with Gasteiger partial charge in [-0.15, -0.1) is 0 Å². The summed E-state index contributed by atoms with van der Waals surface area (Å²) >= 11 is 0. The second-order valence-corrected chi connectivity index (χ2v) is 4.04. The van der Waals surface area contributed by atoms with E-state index in [9.17, 15) is 4.79 Å². The number of carbonyl (C=O) groups excluding carboxylic acids is 1. The highest BCUT2D eigenvalue weighted by Crippen LogP contribution is 2.22. The van der Waals surface area contributed by atoms with Crippen LogP contribution in [0.3, 0.4) is 0 Å². The van der Waals surface area contributed by atoms with E-state index in [1.807, 2.05) is 26.0 Å². The molecule has 0 aliphatic heterocycles. The zero-order valence-corrected chi connectivity index (χ0v) is 9.53. The van der Waals surface area contributed by atoms with Crippen LogP contribution in [-0.2, 0) is 4.79 Å². The van der Waals surface area contributed by atoms with Crippen molar-refractivity contribution in [1.82, 2.24) is 4.98 Å². The summed E-state index contributed by atoms with van der Waals surface area (Å²) in [4.78, 5) is 15.1. The first-order valence-corrected chi connectivity index (χ1v) is 5.14. The van der Waals surface area contributed by atoms with E-state index in [0.717, 1.165) is 5.56 Å². The van der Waals surface area contributed by atoms with Gasteiger partial charge in [-0.1, -0.05) is 11.6 Å². The summed E-state index contributed by atoms with van der Waals surface area (Å²) in [6.45, 7) is 5.73. The molecule has 0 aliphatic carbocycles. The minimum Gasteiger partial charge on any atom is -0.300 e. The summed E-state index contributed by atoms with van der Waals surface area (Å²) in [6, 6.07) is 3.93. The normalized spacial score (nSPS) is 11.9. The van der Waals surface area contributed by atoms with Crippen LogP contribution in [0.4, 0.5) is 0 Å². The maximum atomic E-state index is 11.2. The maximum absolute atomic E-state index is 11.2. The first-order chi connectivity index (χ1) is 7.09. The smallest absolute Gasteiger partial charge is 0.130 e. The monoisotopic (exact) mass is 203 g/mol. The van der Waals surface area contributed by atoms with Crippen LogP contribution in [0.15, 0.2) is 36.2 Å². The Morgan fingerprint density at radius 2 is 1.93 bits per heavy atom. The quantitative estimate of drug-likeness (QED) is 0.704. The van der Waals surface area contributed by atoms with Gasteiger partial charge >= 0.3 is 0 Å². The van der Waals surface area contributed by atoms with E-state index >= 15 is 0 Å². The first kappa shape index (κ1) is 11.6. The Hall–Kier alpha value is -1.44. The highest BCUT2D eigenvalue weighted by Gasteiger charge is 2.10. The van der Waals surface area contributed by atoms with Crippen molar-refractivity contribution >= 4 is 5.78 Å². The van der Waals surface area contributed by atoms with Gasteiger partial charge in [0.1, 0.15) is 5.78 Å². The molecule has 1 aromatic heterocycles. The lowest BCUT2D eigenvalue weighted by atomic mass is 9.93. The summed E-state index contributed by atoms with van der Waals surface area (Å²) in [5.41, 5.74) is 2.39. The van der Waals surface area contributed by atoms with Crippen molar-refractivity contribution in [1.29, 1.82) is 0 Å². The fourth-order valence-electron chi connectivity index (χ4n) is 1.60. The fraction of sp³-hybridized carbons (Fsp3) is 0.385. The standard InChI is InChI=1S/C13H17NO/c1-10(2)8-13(9-11(3)15)12-4-6-14-7-5-12/h4-8,13H,9H2,1-3H3/t13-/m1/s1. The van der Waals surface area contributed by atoms with Gasteiger partial charge in [0.15, 0.2) is 0 Å². The van der Waals surface area contributed by atoms with Crippen molar-refractivity contribution in [2.24, 2.45) is 0 Å². The average Bonchev–Trinajstić information content (AvgIpc) is 2.17. The Morgan fingerprint density at radius 3 is 2.40 bits per heavy atom. The molecule has 80 valence electrons. The van der Waals surface area contributed by atoms with Crippen molar-refractivity contribution in [3.05, 3.63) is 41.7 Å². The number of hydrogen-bond acceptors (Lipinski definition) is 2. The number of ketones is 1. The Balaban J connectivity index is 2.91. The molecule has 2 nitrogen and oxygen atoms in total. The molecule has 1 rings (SSSR count). The largest absolute Gasteiger partial charge is 0.300 e. The van der Waals surface area contributed by atoms with Gasteiger partial charge < -0.3 is 0 Å². The molecule has 1 heterocycles. The van der Waals surface area contributed by atoms with Crippen molar-refractivity contribution in [2.75, 3.05) is 0 Å². The topological polar surface area (TPSA) is 30.0 Å². The third kappa shape index (κ3) is 4.07. The van der Waals surface area contributed by atoms with Crippen molar-refractivity contribution < 1.29 is 4.79 Å². The highest BCUT2D eigenvalue weighted by molar-refractivity contribution is 5.76. The molecule has 0 bridgehead atoms. The van der Waals surface area contributed by atoms with Gasteiger partial charge in [0.2, 0.25) is 0 Å². The molecule has 0 N–H and O–H groups in total. The Kier molecular flexibility index (Phi) is 4.22. The van der Waals surface area contributed by atoms with Crippen LogP contribution in [0, 0.1) is 0 Å². The van der Waals surface area contributed by atoms with E-state index in [0.29, 0.717) is 6.42 Å². The van der Waals surface area contributed by atoms with Crippen LogP contribution < -0.4 is 0 Å². The first-order valence-electron chi connectivity index (χ1n) is 5.14. The number of carbonyl (C=O) groups is 1. The molecule has 0 saturated heterocycles. The minimum atomic E-state index is 0.190. The molecule has 0 amide bonds. The summed E-state index contributed by atoms with van der Waals surface area (Å²) in [7, 11) is 0. The molecule has 2 heteroatoms. The molecule has 0 radical (unpaired) electrons. The Morgan fingerprint density at radius 1 is 1.33 bits per heavy atom. The summed E-state index contributed by atoms with van der Waals surface area (Å²) in [5, 5.41) is 0. The van der Waals surface area contributed by atoms with Gasteiger partial charge in [0.05, 0.1) is 0 Å². The summed E-state index contributed by atoms with van der Waals surface area (Å²) in [6.07, 6.45) is 6.23. The van der Waals surface area contributed by atoms with E-state index < -0.39 is 0 Å². The van der Waals surface area contributed by atoms with Crippen LogP contribution >= 0.6 is 0 Å². The zero-order chi connectivity index (χ0) is 11.3. The number of hydrogen-bond donors (Lipinski definition) is 0. The minimum absolute atomic E-state index is 0.190. The van der Waals surface area contributed by atoms with Gasteiger partial charge in [-0.25, -0.2) is 0 Å². The molecular formula is C13H17NO. The van der Waals surface area contributed by atoms with Crippen LogP contribution in [0.25, 0.3) is 0 Å². The fourth-order valence-corrected chi connectivity index (χ4v) is 1.60. The molecular weight excluding hydrogens is 186 g/mol. The van der Waals surface area contributed by atoms with E-state index in [4.69, 9.17) is 0 Å². The average molecular weight is 203 g/mol. The van der Waals surface area contributed by atoms with E-state index in [1.165, 1.54) is 5.57 Å². The maximum Gasteiger partial charge on any atom is 0.130 e. The third-order valence-corrected chi connectivity index (χ3v) is 2.18. The predicted molar refractivity (Wildman–Crippen MR) is 61.7 cm³/mol. The molecule has 0 unspecified atom stereocenters. The molecule has 0 fully saturated rings. The van der Waals surface area contributed by atoms with Crippen LogP contribution in [0.2, 0.25) is 0 Å². The third-order valence-electron chi connectivity index (χ3n) is 2.18. The predicted octanol–water partition coefficient (Wildman–Crippen LogP) is 3.11. The Labute approximate surface area is 91.0 Å². The van der Waals surface area contributed by atoms with E-state index in [2.05, 4.69) is 11.1 Å². The lowest BCUT2D eigenvalue weighted by Gasteiger charge is -2.11. The molecule has 0 aliphatic rings. The highest BCUT2D eigenvalue weighted by atomic mass is 16.1. The molecule has 0 aromatic carbocycles. The van der Waals surface area contributed by atoms with Crippen molar-refractivity contribution in [3.8, 4) is 0 Å². The van der Waals surface area contributed by atoms with Crippen LogP contribution in [0.5, 0.6) is 0 Å². The molecule has 0 spiro atoms. The lowest BCUT2D eigenvalue weighted by molar-refractivity contribution is -0.117. The lowest BCUT2D eigenvalue weighted by Crippen LogP contribution is -2.02. The van der Waals surface area contributed by atoms with E-state index in [1.54, 1.807) is 19.3 Å². The van der Waals surface area contributed by atoms with Crippen LogP contribution in [-0.4, -0.2) is 10.8 Å².